The maximum atomic E-state index is 12.6. The molecule has 0 aliphatic carbocycles. The van der Waals surface area contributed by atoms with E-state index in [0.717, 1.165) is 96.3 Å². The number of unbranched alkanes of at least 4 members (excludes halogenated alkanes) is 12. The van der Waals surface area contributed by atoms with Crippen molar-refractivity contribution in [3.05, 3.63) is 60.8 Å². The highest BCUT2D eigenvalue weighted by atomic mass is 31.2. The fourth-order valence-corrected chi connectivity index (χ4v) is 5.64. The number of hydrogen-bond donors (Lipinski definition) is 3. The van der Waals surface area contributed by atoms with Crippen LogP contribution in [0.3, 0.4) is 0 Å². The van der Waals surface area contributed by atoms with Gasteiger partial charge in [-0.05, 0) is 70.6 Å². The second kappa shape index (κ2) is 37.0. The molecule has 0 bridgehead atoms. The van der Waals surface area contributed by atoms with Gasteiger partial charge >= 0.3 is 19.8 Å². The first-order valence-corrected chi connectivity index (χ1v) is 21.2. The topological polar surface area (TPSA) is 149 Å². The van der Waals surface area contributed by atoms with Gasteiger partial charge in [-0.3, -0.25) is 18.6 Å². The summed E-state index contributed by atoms with van der Waals surface area (Å²) in [6.45, 7) is 2.16. The molecule has 0 aromatic rings. The molecular weight excluding hydrogens is 683 g/mol. The maximum absolute atomic E-state index is 12.6. The minimum Gasteiger partial charge on any atom is -0.462 e. The number of rotatable bonds is 36. The van der Waals surface area contributed by atoms with E-state index in [2.05, 4.69) is 79.1 Å². The van der Waals surface area contributed by atoms with Crippen molar-refractivity contribution in [3.63, 3.8) is 0 Å². The van der Waals surface area contributed by atoms with Crippen LogP contribution in [-0.4, -0.2) is 65.7 Å². The average Bonchev–Trinajstić information content (AvgIpc) is 3.13. The zero-order valence-electron chi connectivity index (χ0n) is 32.3. The van der Waals surface area contributed by atoms with Crippen LogP contribution in [0.2, 0.25) is 0 Å². The summed E-state index contributed by atoms with van der Waals surface area (Å²) < 4.78 is 32.6. The number of allylic oxidation sites excluding steroid dienone is 10. The minimum atomic E-state index is -4.62. The van der Waals surface area contributed by atoms with Crippen LogP contribution in [-0.2, 0) is 32.7 Å². The van der Waals surface area contributed by atoms with E-state index < -0.39 is 51.8 Å². The van der Waals surface area contributed by atoms with Gasteiger partial charge in [0.15, 0.2) is 6.10 Å². The molecule has 0 amide bonds. The summed E-state index contributed by atoms with van der Waals surface area (Å²) in [5.41, 5.74) is 0. The lowest BCUT2D eigenvalue weighted by Gasteiger charge is -2.20. The standard InChI is InChI=1S/C41H71O10P/c1-3-5-7-9-11-13-15-17-19-21-22-24-26-28-30-32-40(44)48-36-39(37-50-52(46,47)49-35-38(43)34-42)51-41(45)33-31-29-27-25-23-20-18-16-14-12-10-8-6-4-2/h5,7,10-13,16-19,38-39,42-43H,3-4,6,8-9,14-15,20-37H2,1-2H3,(H,46,47)/b7-5-,12-10-,13-11-,18-16-,19-17-/t38-,39+/m0/s1. The van der Waals surface area contributed by atoms with E-state index in [0.29, 0.717) is 12.8 Å². The number of hydrogen-bond acceptors (Lipinski definition) is 9. The van der Waals surface area contributed by atoms with Crippen molar-refractivity contribution >= 4 is 19.8 Å². The van der Waals surface area contributed by atoms with E-state index in [9.17, 15) is 24.2 Å². The van der Waals surface area contributed by atoms with Crippen molar-refractivity contribution in [2.24, 2.45) is 0 Å². The Hall–Kier alpha value is -2.33. The third kappa shape index (κ3) is 36.0. The molecular formula is C41H71O10P. The van der Waals surface area contributed by atoms with Crippen LogP contribution in [0.25, 0.3) is 0 Å². The first-order valence-electron chi connectivity index (χ1n) is 19.7. The number of ether oxygens (including phenoxy) is 2. The number of aliphatic hydroxyl groups is 2. The molecule has 0 fully saturated rings. The molecule has 11 heteroatoms. The summed E-state index contributed by atoms with van der Waals surface area (Å²) in [7, 11) is -4.62. The van der Waals surface area contributed by atoms with Gasteiger partial charge in [-0.2, -0.15) is 0 Å². The van der Waals surface area contributed by atoms with Crippen LogP contribution in [0.15, 0.2) is 60.8 Å². The number of phosphoric acid groups is 1. The van der Waals surface area contributed by atoms with Crippen molar-refractivity contribution in [3.8, 4) is 0 Å². The Morgan fingerprint density at radius 3 is 1.60 bits per heavy atom. The number of esters is 2. The van der Waals surface area contributed by atoms with Crippen molar-refractivity contribution in [1.29, 1.82) is 0 Å². The third-order valence-electron chi connectivity index (χ3n) is 7.91. The largest absolute Gasteiger partial charge is 0.472 e. The Labute approximate surface area is 315 Å². The molecule has 52 heavy (non-hydrogen) atoms. The van der Waals surface area contributed by atoms with Gasteiger partial charge in [0.05, 0.1) is 19.8 Å². The Morgan fingerprint density at radius 1 is 0.596 bits per heavy atom. The van der Waals surface area contributed by atoms with Crippen LogP contribution >= 0.6 is 7.82 Å². The van der Waals surface area contributed by atoms with Crippen LogP contribution in [0.1, 0.15) is 149 Å². The normalized spacial score (nSPS) is 14.6. The van der Waals surface area contributed by atoms with E-state index in [1.165, 1.54) is 12.8 Å². The SMILES string of the molecule is CC/C=C\C/C=C\C/C=C\CCCCCCCC(=O)OC[C@H](COP(=O)(O)OC[C@@H](O)CO)OC(=O)CCCCCCC/C=C\C/C=C\CCCC. The molecule has 3 N–H and O–H groups in total. The highest BCUT2D eigenvalue weighted by Crippen LogP contribution is 2.43. The zero-order valence-corrected chi connectivity index (χ0v) is 33.1. The summed E-state index contributed by atoms with van der Waals surface area (Å²) in [5.74, 6) is -0.967. The molecule has 0 aliphatic rings. The summed E-state index contributed by atoms with van der Waals surface area (Å²) in [4.78, 5) is 34.9. The van der Waals surface area contributed by atoms with Gasteiger partial charge in [0.25, 0.3) is 0 Å². The molecule has 0 radical (unpaired) electrons. The molecule has 0 aliphatic heterocycles. The van der Waals surface area contributed by atoms with Gasteiger partial charge in [0, 0.05) is 12.8 Å². The molecule has 3 atom stereocenters. The fourth-order valence-electron chi connectivity index (χ4n) is 4.85. The zero-order chi connectivity index (χ0) is 38.4. The Morgan fingerprint density at radius 2 is 1.06 bits per heavy atom. The highest BCUT2D eigenvalue weighted by molar-refractivity contribution is 7.47. The predicted molar refractivity (Wildman–Crippen MR) is 210 cm³/mol. The van der Waals surface area contributed by atoms with Crippen molar-refractivity contribution in [2.45, 2.75) is 161 Å². The smallest absolute Gasteiger partial charge is 0.462 e. The molecule has 0 heterocycles. The maximum Gasteiger partial charge on any atom is 0.472 e. The first kappa shape index (κ1) is 49.7. The second-order valence-corrected chi connectivity index (χ2v) is 14.4. The molecule has 10 nitrogen and oxygen atoms in total. The van der Waals surface area contributed by atoms with Crippen molar-refractivity contribution in [1.82, 2.24) is 0 Å². The second-order valence-electron chi connectivity index (χ2n) is 12.9. The lowest BCUT2D eigenvalue weighted by molar-refractivity contribution is -0.161. The highest BCUT2D eigenvalue weighted by Gasteiger charge is 2.27. The molecule has 300 valence electrons. The minimum absolute atomic E-state index is 0.161. The number of carbonyl (C=O) groups excluding carboxylic acids is 2. The van der Waals surface area contributed by atoms with Gasteiger partial charge in [0.1, 0.15) is 12.7 Å². The average molecular weight is 755 g/mol. The molecule has 0 aromatic heterocycles. The van der Waals surface area contributed by atoms with Gasteiger partial charge < -0.3 is 24.6 Å². The lowest BCUT2D eigenvalue weighted by Crippen LogP contribution is -2.29. The molecule has 0 aromatic carbocycles. The van der Waals surface area contributed by atoms with Crippen molar-refractivity contribution in [2.75, 3.05) is 26.4 Å². The Bertz CT molecular complexity index is 1050. The van der Waals surface area contributed by atoms with Gasteiger partial charge in [0.2, 0.25) is 0 Å². The van der Waals surface area contributed by atoms with E-state index in [-0.39, 0.29) is 19.4 Å². The quantitative estimate of drug-likeness (QED) is 0.0244. The summed E-state index contributed by atoms with van der Waals surface area (Å²) in [6.07, 6.45) is 39.0. The van der Waals surface area contributed by atoms with Crippen LogP contribution < -0.4 is 0 Å². The summed E-state index contributed by atoms with van der Waals surface area (Å²) in [5, 5.41) is 18.3. The van der Waals surface area contributed by atoms with Gasteiger partial charge in [-0.15, -0.1) is 0 Å². The van der Waals surface area contributed by atoms with E-state index in [4.69, 9.17) is 19.1 Å². The monoisotopic (exact) mass is 754 g/mol. The molecule has 1 unspecified atom stereocenters. The Kier molecular flexibility index (Phi) is 35.3. The van der Waals surface area contributed by atoms with Crippen LogP contribution in [0.4, 0.5) is 0 Å². The Balaban J connectivity index is 4.41. The number of carbonyl (C=O) groups is 2. The first-order chi connectivity index (χ1) is 25.2. The summed E-state index contributed by atoms with van der Waals surface area (Å²) in [6, 6.07) is 0. The van der Waals surface area contributed by atoms with Crippen molar-refractivity contribution < 1.29 is 47.8 Å². The molecule has 0 saturated heterocycles. The van der Waals surface area contributed by atoms with Crippen LogP contribution in [0.5, 0.6) is 0 Å². The van der Waals surface area contributed by atoms with Gasteiger partial charge in [-0.1, -0.05) is 126 Å². The summed E-state index contributed by atoms with van der Waals surface area (Å²) >= 11 is 0. The molecule has 0 spiro atoms. The van der Waals surface area contributed by atoms with E-state index in [1.54, 1.807) is 0 Å². The number of aliphatic hydroxyl groups excluding tert-OH is 2. The van der Waals surface area contributed by atoms with Crippen LogP contribution in [0, 0.1) is 0 Å². The predicted octanol–water partition coefficient (Wildman–Crippen LogP) is 9.94. The third-order valence-corrected chi connectivity index (χ3v) is 8.86. The molecule has 0 saturated carbocycles. The molecule has 0 rings (SSSR count). The van der Waals surface area contributed by atoms with E-state index in [1.807, 2.05) is 0 Å². The van der Waals surface area contributed by atoms with Gasteiger partial charge in [-0.25, -0.2) is 4.57 Å². The van der Waals surface area contributed by atoms with E-state index >= 15 is 0 Å². The lowest BCUT2D eigenvalue weighted by atomic mass is 10.1. The fraction of sp³-hybridized carbons (Fsp3) is 0.707. The number of phosphoric ester groups is 1.